The summed E-state index contributed by atoms with van der Waals surface area (Å²) in [6.45, 7) is 2.69. The number of aliphatic hydroxyl groups is 2. The van der Waals surface area contributed by atoms with Gasteiger partial charge >= 0.3 is 5.97 Å². The van der Waals surface area contributed by atoms with E-state index in [1.165, 1.54) is 20.1 Å². The molecule has 2 heterocycles. The molecule has 1 saturated heterocycles. The van der Waals surface area contributed by atoms with Gasteiger partial charge in [0.2, 0.25) is 17.5 Å². The van der Waals surface area contributed by atoms with Gasteiger partial charge < -0.3 is 43.8 Å². The third kappa shape index (κ3) is 4.61. The van der Waals surface area contributed by atoms with Crippen LogP contribution in [0.1, 0.15) is 13.8 Å². The van der Waals surface area contributed by atoms with Gasteiger partial charge in [0.15, 0.2) is 11.9 Å². The number of ether oxygens (including phenoxy) is 4. The summed E-state index contributed by atoms with van der Waals surface area (Å²) in [5.41, 5.74) is -0.582. The second-order valence-electron chi connectivity index (χ2n) is 8.04. The molecule has 0 bridgehead atoms. The largest absolute Gasteiger partial charge is 0.507 e. The smallest absolute Gasteiger partial charge is 0.303 e. The molecule has 3 aromatic rings. The lowest BCUT2D eigenvalue weighted by molar-refractivity contribution is -0.272. The number of methoxy groups -OCH3 is 1. The molecule has 5 atom stereocenters. The van der Waals surface area contributed by atoms with Gasteiger partial charge in [-0.25, -0.2) is 0 Å². The first-order valence-corrected chi connectivity index (χ1v) is 10.6. The number of rotatable bonds is 5. The predicted molar refractivity (Wildman–Crippen MR) is 120 cm³/mol. The van der Waals surface area contributed by atoms with Gasteiger partial charge in [-0.2, -0.15) is 0 Å². The second-order valence-corrected chi connectivity index (χ2v) is 8.04. The Morgan fingerprint density at radius 3 is 2.34 bits per heavy atom. The quantitative estimate of drug-likeness (QED) is 0.386. The molecule has 0 saturated carbocycles. The zero-order chi connectivity index (χ0) is 25.4. The summed E-state index contributed by atoms with van der Waals surface area (Å²) >= 11 is 0. The lowest BCUT2D eigenvalue weighted by atomic mass is 9.99. The van der Waals surface area contributed by atoms with Gasteiger partial charge in [0.25, 0.3) is 0 Å². The van der Waals surface area contributed by atoms with E-state index < -0.39 is 53.6 Å². The van der Waals surface area contributed by atoms with Crippen LogP contribution in [0.5, 0.6) is 23.0 Å². The number of hydrogen-bond acceptors (Lipinski definition) is 11. The monoisotopic (exact) mass is 488 g/mol. The Labute approximate surface area is 198 Å². The Hall–Kier alpha value is -3.80. The number of benzene rings is 2. The van der Waals surface area contributed by atoms with Crippen molar-refractivity contribution in [2.75, 3.05) is 7.11 Å². The van der Waals surface area contributed by atoms with Crippen molar-refractivity contribution in [3.05, 3.63) is 46.6 Å². The van der Waals surface area contributed by atoms with Gasteiger partial charge in [0.05, 0.1) is 13.2 Å². The highest BCUT2D eigenvalue weighted by atomic mass is 16.7. The van der Waals surface area contributed by atoms with Gasteiger partial charge in [-0.15, -0.1) is 0 Å². The number of phenols is 1. The number of hydrogen-bond donors (Lipinski definition) is 4. The van der Waals surface area contributed by atoms with Crippen molar-refractivity contribution in [2.45, 2.75) is 44.6 Å². The molecule has 1 aromatic heterocycles. The molecule has 0 radical (unpaired) electrons. The molecule has 1 aliphatic heterocycles. The maximum Gasteiger partial charge on any atom is 0.303 e. The third-order valence-corrected chi connectivity index (χ3v) is 5.61. The Morgan fingerprint density at radius 2 is 1.71 bits per heavy atom. The minimum absolute atomic E-state index is 0.0566. The van der Waals surface area contributed by atoms with Crippen LogP contribution in [0.4, 0.5) is 0 Å². The summed E-state index contributed by atoms with van der Waals surface area (Å²) in [5, 5.41) is 41.4. The highest BCUT2D eigenvalue weighted by Crippen LogP contribution is 2.36. The van der Waals surface area contributed by atoms with E-state index >= 15 is 0 Å². The SMILES string of the molecule is COc1ccc(-c2oc3cc(OC4OC(C)C(OC(C)=O)C(O)C4O)cc(O)c3c(=O)c2O)cc1. The summed E-state index contributed by atoms with van der Waals surface area (Å²) < 4.78 is 27.0. The summed E-state index contributed by atoms with van der Waals surface area (Å²) in [7, 11) is 1.50. The van der Waals surface area contributed by atoms with Crippen molar-refractivity contribution in [1.29, 1.82) is 0 Å². The molecule has 5 unspecified atom stereocenters. The molecule has 35 heavy (non-hydrogen) atoms. The van der Waals surface area contributed by atoms with Gasteiger partial charge in [0, 0.05) is 24.6 Å². The summed E-state index contributed by atoms with van der Waals surface area (Å²) in [6.07, 6.45) is -6.43. The minimum Gasteiger partial charge on any atom is -0.507 e. The van der Waals surface area contributed by atoms with E-state index in [9.17, 15) is 30.0 Å². The Bertz CT molecular complexity index is 1300. The van der Waals surface area contributed by atoms with Gasteiger partial charge in [-0.1, -0.05) is 0 Å². The Kier molecular flexibility index (Phi) is 6.57. The number of carbonyl (C=O) groups is 1. The highest BCUT2D eigenvalue weighted by molar-refractivity contribution is 5.88. The molecule has 11 nitrogen and oxygen atoms in total. The average Bonchev–Trinajstić information content (AvgIpc) is 2.82. The lowest BCUT2D eigenvalue weighted by Crippen LogP contribution is -2.59. The van der Waals surface area contributed by atoms with Crippen LogP contribution >= 0.6 is 0 Å². The fraction of sp³-hybridized carbons (Fsp3) is 0.333. The maximum atomic E-state index is 12.8. The summed E-state index contributed by atoms with van der Waals surface area (Å²) in [6, 6.07) is 8.75. The Balaban J connectivity index is 1.68. The zero-order valence-corrected chi connectivity index (χ0v) is 19.0. The average molecular weight is 488 g/mol. The molecule has 0 aliphatic carbocycles. The van der Waals surface area contributed by atoms with Crippen LogP contribution in [-0.2, 0) is 14.3 Å². The van der Waals surface area contributed by atoms with Crippen molar-refractivity contribution in [3.8, 4) is 34.3 Å². The molecule has 0 amide bonds. The minimum atomic E-state index is -1.60. The zero-order valence-electron chi connectivity index (χ0n) is 19.0. The van der Waals surface area contributed by atoms with E-state index in [4.69, 9.17) is 23.4 Å². The molecule has 1 aliphatic rings. The van der Waals surface area contributed by atoms with Crippen molar-refractivity contribution in [3.63, 3.8) is 0 Å². The third-order valence-electron chi connectivity index (χ3n) is 5.61. The molecule has 2 aromatic carbocycles. The fourth-order valence-corrected chi connectivity index (χ4v) is 3.86. The Morgan fingerprint density at radius 1 is 1.03 bits per heavy atom. The van der Waals surface area contributed by atoms with Crippen LogP contribution in [0.25, 0.3) is 22.3 Å². The van der Waals surface area contributed by atoms with E-state index in [1.54, 1.807) is 24.3 Å². The first-order valence-electron chi connectivity index (χ1n) is 10.6. The number of aliphatic hydroxyl groups excluding tert-OH is 2. The predicted octanol–water partition coefficient (Wildman–Crippen LogP) is 1.66. The molecule has 1 fully saturated rings. The number of esters is 1. The molecule has 11 heteroatoms. The number of carbonyl (C=O) groups excluding carboxylic acids is 1. The van der Waals surface area contributed by atoms with Gasteiger partial charge in [-0.05, 0) is 31.2 Å². The van der Waals surface area contributed by atoms with Crippen molar-refractivity contribution in [1.82, 2.24) is 0 Å². The number of fused-ring (bicyclic) bond motifs is 1. The van der Waals surface area contributed by atoms with E-state index in [0.29, 0.717) is 11.3 Å². The first kappa shape index (κ1) is 24.3. The summed E-state index contributed by atoms with van der Waals surface area (Å²) in [5.74, 6) is -1.52. The molecule has 4 rings (SSSR count). The molecule has 4 N–H and O–H groups in total. The van der Waals surface area contributed by atoms with Crippen LogP contribution < -0.4 is 14.9 Å². The normalized spacial score (nSPS) is 24.2. The highest BCUT2D eigenvalue weighted by Gasteiger charge is 2.46. The van der Waals surface area contributed by atoms with Crippen LogP contribution in [-0.4, -0.2) is 64.2 Å². The van der Waals surface area contributed by atoms with E-state index in [1.807, 2.05) is 0 Å². The molecule has 186 valence electrons. The van der Waals surface area contributed by atoms with Crippen molar-refractivity contribution in [2.24, 2.45) is 0 Å². The topological polar surface area (TPSA) is 165 Å². The van der Waals surface area contributed by atoms with Crippen molar-refractivity contribution < 1.29 is 48.6 Å². The number of phenolic OH excluding ortho intramolecular Hbond substituents is 1. The maximum absolute atomic E-state index is 12.8. The standard InChI is InChI=1S/C24H24O11/c1-10-22(33-11(2)25)20(29)21(30)24(32-10)34-14-8-15(26)17-16(9-14)35-23(19(28)18(17)27)12-4-6-13(31-3)7-5-12/h4-10,20-22,24,26,28-30H,1-3H3. The van der Waals surface area contributed by atoms with Gasteiger partial charge in [0.1, 0.15) is 40.4 Å². The van der Waals surface area contributed by atoms with Crippen LogP contribution in [0.2, 0.25) is 0 Å². The fourth-order valence-electron chi connectivity index (χ4n) is 3.86. The molecular formula is C24H24O11. The molecular weight excluding hydrogens is 464 g/mol. The van der Waals surface area contributed by atoms with Crippen LogP contribution in [0.3, 0.4) is 0 Å². The number of aromatic hydroxyl groups is 2. The van der Waals surface area contributed by atoms with E-state index in [0.717, 1.165) is 13.0 Å². The van der Waals surface area contributed by atoms with Crippen LogP contribution in [0.15, 0.2) is 45.6 Å². The van der Waals surface area contributed by atoms with E-state index in [-0.39, 0.29) is 22.5 Å². The first-order chi connectivity index (χ1) is 16.6. The van der Waals surface area contributed by atoms with E-state index in [2.05, 4.69) is 0 Å². The molecule has 0 spiro atoms. The van der Waals surface area contributed by atoms with Gasteiger partial charge in [-0.3, -0.25) is 9.59 Å². The van der Waals surface area contributed by atoms with Crippen LogP contribution in [0, 0.1) is 0 Å². The lowest BCUT2D eigenvalue weighted by Gasteiger charge is -2.40. The summed E-state index contributed by atoms with van der Waals surface area (Å²) in [4.78, 5) is 24.0. The second kappa shape index (κ2) is 9.45. The van der Waals surface area contributed by atoms with Crippen molar-refractivity contribution >= 4 is 16.9 Å².